The minimum Gasteiger partial charge on any atom is -0.463 e. The van der Waals surface area contributed by atoms with E-state index in [2.05, 4.69) is 10.2 Å². The van der Waals surface area contributed by atoms with Crippen molar-refractivity contribution >= 4 is 11.8 Å². The number of hydrogen-bond acceptors (Lipinski definition) is 5. The van der Waals surface area contributed by atoms with Crippen LogP contribution in [-0.4, -0.2) is 22.8 Å². The first-order valence-corrected chi connectivity index (χ1v) is 7.07. The molecule has 3 N–H and O–H groups in total. The fourth-order valence-electron chi connectivity index (χ4n) is 2.70. The van der Waals surface area contributed by atoms with Crippen molar-refractivity contribution in [2.45, 2.75) is 19.8 Å². The number of ether oxygens (including phenoxy) is 2. The molecule has 114 valence electrons. The van der Waals surface area contributed by atoms with Crippen LogP contribution >= 0.6 is 0 Å². The zero-order chi connectivity index (χ0) is 15.7. The van der Waals surface area contributed by atoms with Gasteiger partial charge >= 0.3 is 5.97 Å². The number of nitrogen functional groups attached to an aromatic ring is 1. The summed E-state index contributed by atoms with van der Waals surface area (Å²) in [5.74, 6) is 0.504. The predicted octanol–water partition coefficient (Wildman–Crippen LogP) is 2.35. The van der Waals surface area contributed by atoms with E-state index in [0.29, 0.717) is 35.2 Å². The van der Waals surface area contributed by atoms with Gasteiger partial charge in [-0.2, -0.15) is 0 Å². The van der Waals surface area contributed by atoms with E-state index in [0.717, 1.165) is 5.56 Å². The molecule has 22 heavy (non-hydrogen) atoms. The molecular weight excluding hydrogens is 282 g/mol. The van der Waals surface area contributed by atoms with E-state index in [1.165, 1.54) is 0 Å². The number of allylic oxidation sites excluding steroid dienone is 1. The molecule has 2 heterocycles. The zero-order valence-corrected chi connectivity index (χ0v) is 12.4. The minimum atomic E-state index is -0.403. The minimum absolute atomic E-state index is 0.296. The molecule has 0 amide bonds. The quantitative estimate of drug-likeness (QED) is 0.849. The van der Waals surface area contributed by atoms with Gasteiger partial charge in [-0.05, 0) is 19.4 Å². The topological polar surface area (TPSA) is 90.2 Å². The van der Waals surface area contributed by atoms with Gasteiger partial charge in [0.15, 0.2) is 0 Å². The number of carbonyl (C=O) groups excluding carboxylic acids is 1. The predicted molar refractivity (Wildman–Crippen MR) is 81.2 cm³/mol. The summed E-state index contributed by atoms with van der Waals surface area (Å²) in [6.07, 6.45) is 0. The van der Waals surface area contributed by atoms with Crippen molar-refractivity contribution in [2.24, 2.45) is 0 Å². The molecule has 6 nitrogen and oxygen atoms in total. The van der Waals surface area contributed by atoms with Gasteiger partial charge in [-0.1, -0.05) is 30.3 Å². The van der Waals surface area contributed by atoms with Gasteiger partial charge in [0, 0.05) is 0 Å². The van der Waals surface area contributed by atoms with Crippen LogP contribution < -0.4 is 10.5 Å². The van der Waals surface area contributed by atoms with E-state index >= 15 is 0 Å². The van der Waals surface area contributed by atoms with Crippen molar-refractivity contribution in [3.05, 3.63) is 52.8 Å². The van der Waals surface area contributed by atoms with Gasteiger partial charge < -0.3 is 15.2 Å². The van der Waals surface area contributed by atoms with Crippen LogP contribution in [0.2, 0.25) is 0 Å². The van der Waals surface area contributed by atoms with Gasteiger partial charge in [0.2, 0.25) is 5.88 Å². The first-order valence-electron chi connectivity index (χ1n) is 7.07. The molecule has 0 saturated carbocycles. The Labute approximate surface area is 127 Å². The number of rotatable bonds is 3. The van der Waals surface area contributed by atoms with Crippen molar-refractivity contribution in [2.75, 3.05) is 12.3 Å². The summed E-state index contributed by atoms with van der Waals surface area (Å²) in [6, 6.07) is 9.64. The average molecular weight is 299 g/mol. The Morgan fingerprint density at radius 3 is 2.82 bits per heavy atom. The molecule has 2 aromatic rings. The molecular formula is C16H17N3O3. The molecule has 0 radical (unpaired) electrons. The second kappa shape index (κ2) is 5.55. The molecule has 3 rings (SSSR count). The number of aromatic amines is 1. The molecule has 1 atom stereocenters. The summed E-state index contributed by atoms with van der Waals surface area (Å²) < 4.78 is 10.8. The number of benzene rings is 1. The molecule has 0 spiro atoms. The Hall–Kier alpha value is -2.76. The largest absolute Gasteiger partial charge is 0.463 e. The number of anilines is 1. The van der Waals surface area contributed by atoms with Gasteiger partial charge in [-0.3, -0.25) is 5.10 Å². The van der Waals surface area contributed by atoms with Crippen molar-refractivity contribution in [3.63, 3.8) is 0 Å². The third-order valence-electron chi connectivity index (χ3n) is 3.63. The summed E-state index contributed by atoms with van der Waals surface area (Å²) >= 11 is 0. The van der Waals surface area contributed by atoms with Crippen LogP contribution in [0.5, 0.6) is 5.88 Å². The van der Waals surface area contributed by atoms with Crippen molar-refractivity contribution < 1.29 is 14.3 Å². The van der Waals surface area contributed by atoms with E-state index in [1.54, 1.807) is 13.8 Å². The molecule has 0 fully saturated rings. The molecule has 0 aliphatic carbocycles. The van der Waals surface area contributed by atoms with Crippen LogP contribution in [-0.2, 0) is 9.53 Å². The number of aromatic nitrogens is 2. The number of carbonyl (C=O) groups is 1. The van der Waals surface area contributed by atoms with Crippen LogP contribution in [0.4, 0.5) is 5.82 Å². The molecule has 1 aliphatic heterocycles. The summed E-state index contributed by atoms with van der Waals surface area (Å²) in [7, 11) is 0. The summed E-state index contributed by atoms with van der Waals surface area (Å²) in [5.41, 5.74) is 8.05. The number of fused-ring (bicyclic) bond motifs is 1. The summed E-state index contributed by atoms with van der Waals surface area (Å²) in [6.45, 7) is 3.80. The van der Waals surface area contributed by atoms with E-state index < -0.39 is 5.97 Å². The van der Waals surface area contributed by atoms with Gasteiger partial charge in [0.25, 0.3) is 0 Å². The van der Waals surface area contributed by atoms with E-state index in [-0.39, 0.29) is 5.92 Å². The van der Waals surface area contributed by atoms with E-state index in [4.69, 9.17) is 15.2 Å². The monoisotopic (exact) mass is 299 g/mol. The Morgan fingerprint density at radius 1 is 1.41 bits per heavy atom. The smallest absolute Gasteiger partial charge is 0.338 e. The fourth-order valence-corrected chi connectivity index (χ4v) is 2.70. The van der Waals surface area contributed by atoms with Crippen LogP contribution in [0.25, 0.3) is 0 Å². The maximum atomic E-state index is 12.4. The number of nitrogens with zero attached hydrogens (tertiary/aromatic N) is 1. The van der Waals surface area contributed by atoms with Crippen molar-refractivity contribution in [3.8, 4) is 5.88 Å². The molecule has 0 saturated heterocycles. The number of hydrogen-bond donors (Lipinski definition) is 2. The first-order chi connectivity index (χ1) is 10.6. The van der Waals surface area contributed by atoms with Gasteiger partial charge in [-0.25, -0.2) is 4.79 Å². The molecule has 1 unspecified atom stereocenters. The highest BCUT2D eigenvalue weighted by molar-refractivity contribution is 5.93. The Bertz CT molecular complexity index is 734. The fraction of sp³-hybridized carbons (Fsp3) is 0.250. The highest BCUT2D eigenvalue weighted by Gasteiger charge is 2.37. The normalized spacial score (nSPS) is 16.9. The second-order valence-corrected chi connectivity index (χ2v) is 4.99. The molecule has 0 bridgehead atoms. The Morgan fingerprint density at radius 2 is 2.14 bits per heavy atom. The summed E-state index contributed by atoms with van der Waals surface area (Å²) in [4.78, 5) is 12.4. The van der Waals surface area contributed by atoms with Gasteiger partial charge in [-0.15, -0.1) is 5.10 Å². The zero-order valence-electron chi connectivity index (χ0n) is 12.4. The highest BCUT2D eigenvalue weighted by Crippen LogP contribution is 2.44. The van der Waals surface area contributed by atoms with Gasteiger partial charge in [0.1, 0.15) is 11.6 Å². The lowest BCUT2D eigenvalue weighted by Gasteiger charge is -2.26. The van der Waals surface area contributed by atoms with Crippen LogP contribution in [0.3, 0.4) is 0 Å². The third-order valence-corrected chi connectivity index (χ3v) is 3.63. The maximum absolute atomic E-state index is 12.4. The van der Waals surface area contributed by atoms with Crippen LogP contribution in [0, 0.1) is 0 Å². The molecule has 1 aliphatic rings. The second-order valence-electron chi connectivity index (χ2n) is 4.99. The Kier molecular flexibility index (Phi) is 3.58. The highest BCUT2D eigenvalue weighted by atomic mass is 16.5. The average Bonchev–Trinajstić information content (AvgIpc) is 2.88. The lowest BCUT2D eigenvalue weighted by atomic mass is 9.83. The number of nitrogens with one attached hydrogen (secondary N) is 1. The standard InChI is InChI=1S/C16H17N3O3/c1-3-21-16(20)11-9(2)22-15-13(14(17)18-19-15)12(11)10-7-5-4-6-8-10/h4-8,12H,3H2,1-2H3,(H3,17,18,19). The number of H-pyrrole nitrogens is 1. The molecule has 1 aromatic heterocycles. The SMILES string of the molecule is CCOC(=O)C1=C(C)Oc2n[nH]c(N)c2C1c1ccccc1. The molecule has 6 heteroatoms. The van der Waals surface area contributed by atoms with Crippen molar-refractivity contribution in [1.82, 2.24) is 10.2 Å². The number of nitrogens with two attached hydrogens (primary N) is 1. The van der Waals surface area contributed by atoms with Crippen LogP contribution in [0.15, 0.2) is 41.7 Å². The lowest BCUT2D eigenvalue weighted by Crippen LogP contribution is -2.23. The third kappa shape index (κ3) is 2.22. The van der Waals surface area contributed by atoms with Crippen molar-refractivity contribution in [1.29, 1.82) is 0 Å². The van der Waals surface area contributed by atoms with E-state index in [1.807, 2.05) is 30.3 Å². The maximum Gasteiger partial charge on any atom is 0.338 e. The molecule has 1 aromatic carbocycles. The Balaban J connectivity index is 2.18. The number of esters is 1. The summed E-state index contributed by atoms with van der Waals surface area (Å²) in [5, 5.41) is 6.78. The van der Waals surface area contributed by atoms with Gasteiger partial charge in [0.05, 0.1) is 23.7 Å². The lowest BCUT2D eigenvalue weighted by molar-refractivity contribution is -0.139. The van der Waals surface area contributed by atoms with E-state index in [9.17, 15) is 4.79 Å². The first kappa shape index (κ1) is 14.2. The van der Waals surface area contributed by atoms with Crippen LogP contribution in [0.1, 0.15) is 30.9 Å².